The van der Waals surface area contributed by atoms with Crippen LogP contribution < -0.4 is 21.3 Å². The Labute approximate surface area is 455 Å². The van der Waals surface area contributed by atoms with E-state index in [-0.39, 0.29) is 53.7 Å². The van der Waals surface area contributed by atoms with Crippen LogP contribution in [0, 0.1) is 28.6 Å². The van der Waals surface area contributed by atoms with Crippen molar-refractivity contribution < 1.29 is 82.3 Å². The minimum absolute atomic E-state index is 0.0238. The Morgan fingerprint density at radius 1 is 0.924 bits per heavy atom. The van der Waals surface area contributed by atoms with Crippen LogP contribution in [0.25, 0.3) is 0 Å². The normalized spacial score (nSPS) is 27.6. The molecule has 1 aromatic heterocycles. The molecule has 10 atom stereocenters. The number of benzene rings is 2. The van der Waals surface area contributed by atoms with Crippen molar-refractivity contribution in [2.75, 3.05) is 23.8 Å². The van der Waals surface area contributed by atoms with Gasteiger partial charge in [0.15, 0.2) is 23.5 Å². The monoisotopic (exact) mass is 1110 g/mol. The van der Waals surface area contributed by atoms with Crippen molar-refractivity contribution in [3.63, 3.8) is 0 Å². The van der Waals surface area contributed by atoms with Gasteiger partial charge in [0, 0.05) is 65.7 Å². The molecule has 0 radical (unpaired) electrons. The molecule has 4 fully saturated rings. The number of nitrogens with zero attached hydrogens (tertiary/aromatic N) is 2. The van der Waals surface area contributed by atoms with Gasteiger partial charge in [0.05, 0.1) is 35.1 Å². The van der Waals surface area contributed by atoms with Crippen molar-refractivity contribution in [2.45, 2.75) is 108 Å². The smallest absolute Gasteiger partial charge is 0.411 e. The number of aromatic nitrogens is 1. The molecule has 4 aliphatic carbocycles. The van der Waals surface area contributed by atoms with Gasteiger partial charge in [-0.05, 0) is 91.5 Å². The lowest BCUT2D eigenvalue weighted by Gasteiger charge is -2.59. The van der Waals surface area contributed by atoms with Gasteiger partial charge in [-0.3, -0.25) is 43.7 Å². The molecule has 3 aromatic rings. The number of hydroxylamine groups is 2. The summed E-state index contributed by atoms with van der Waals surface area (Å²) >= 11 is 1.35. The largest absolute Gasteiger partial charge is 0.481 e. The lowest BCUT2D eigenvalue weighted by atomic mass is 9.46. The summed E-state index contributed by atoms with van der Waals surface area (Å²) in [4.78, 5) is 134. The van der Waals surface area contributed by atoms with Gasteiger partial charge in [-0.25, -0.2) is 14.6 Å². The molecule has 1 saturated heterocycles. The number of fused-ring (bicyclic) bond motifs is 7. The number of aliphatic carboxylic acids is 1. The van der Waals surface area contributed by atoms with Gasteiger partial charge in [0.25, 0.3) is 11.8 Å². The molecule has 0 unspecified atom stereocenters. The van der Waals surface area contributed by atoms with Crippen LogP contribution >= 0.6 is 11.3 Å². The van der Waals surface area contributed by atoms with Gasteiger partial charge in [-0.1, -0.05) is 54.8 Å². The Balaban J connectivity index is 0.736. The van der Waals surface area contributed by atoms with Crippen LogP contribution in [0.4, 0.5) is 16.2 Å². The summed E-state index contributed by atoms with van der Waals surface area (Å²) in [7, 11) is 0. The van der Waals surface area contributed by atoms with Crippen molar-refractivity contribution >= 4 is 81.8 Å². The molecule has 6 amide bonds. The van der Waals surface area contributed by atoms with E-state index in [4.69, 9.17) is 14.2 Å². The number of hydrogen-bond acceptors (Lipinski definition) is 18. The highest BCUT2D eigenvalue weighted by Crippen LogP contribution is 2.70. The molecule has 6 aliphatic rings. The first-order chi connectivity index (χ1) is 37.7. The third kappa shape index (κ3) is 11.6. The topological polar surface area (TPSA) is 333 Å². The highest BCUT2D eigenvalue weighted by molar-refractivity contribution is 7.11. The highest BCUT2D eigenvalue weighted by atomic mass is 32.1. The van der Waals surface area contributed by atoms with E-state index < -0.39 is 127 Å². The number of ketones is 2. The zero-order valence-corrected chi connectivity index (χ0v) is 43.8. The first-order valence-corrected chi connectivity index (χ1v) is 26.5. The zero-order chi connectivity index (χ0) is 56.4. The van der Waals surface area contributed by atoms with Crippen LogP contribution in [-0.4, -0.2) is 122 Å². The van der Waals surface area contributed by atoms with Gasteiger partial charge in [-0.2, -0.15) is 0 Å². The SMILES string of the molecule is C[C@]12C=CC(=O)C=C1CC[C@@H]1[C@@H]2[C@@H](O)C[C@@]2(C)[C@H]1C[C@H]1O[C@H](c3cnc(Cc4cccc(NC(=O)OCc5ccc(NC(=O)[C@H](CCC(=O)O)NC(=O)CNC(=O)CCC(=O)ON6C(=O)C=CC6=O)cc5)c4)s3)O[C@]12C(=O)CO. The first kappa shape index (κ1) is 56.0. The highest BCUT2D eigenvalue weighted by Gasteiger charge is 2.76. The van der Waals surface area contributed by atoms with Crippen molar-refractivity contribution in [1.82, 2.24) is 20.7 Å². The van der Waals surface area contributed by atoms with Crippen LogP contribution in [0.3, 0.4) is 0 Å². The number of hydrogen-bond donors (Lipinski definition) is 7. The molecule has 2 aliphatic heterocycles. The molecule has 9 rings (SSSR count). The van der Waals surface area contributed by atoms with Crippen LogP contribution in [0.2, 0.25) is 0 Å². The summed E-state index contributed by atoms with van der Waals surface area (Å²) in [5.41, 5.74) is 0.251. The number of aliphatic hydroxyl groups is 2. The number of imide groups is 1. The van der Waals surface area contributed by atoms with Gasteiger partial charge < -0.3 is 50.3 Å². The summed E-state index contributed by atoms with van der Waals surface area (Å²) in [5.74, 6) is -7.09. The summed E-state index contributed by atoms with van der Waals surface area (Å²) in [6, 6.07) is 11.9. The third-order valence-corrected chi connectivity index (χ3v) is 17.0. The van der Waals surface area contributed by atoms with E-state index >= 15 is 0 Å². The van der Waals surface area contributed by atoms with E-state index in [2.05, 4.69) is 38.0 Å². The number of carboxylic acid groups (broad SMARTS) is 1. The number of ether oxygens (including phenoxy) is 3. The van der Waals surface area contributed by atoms with E-state index in [9.17, 15) is 63.3 Å². The number of amides is 6. The third-order valence-electron chi connectivity index (χ3n) is 16.0. The summed E-state index contributed by atoms with van der Waals surface area (Å²) < 4.78 is 18.8. The van der Waals surface area contributed by atoms with Crippen LogP contribution in [0.15, 0.2) is 90.7 Å². The average Bonchev–Trinajstić information content (AvgIpc) is 3.98. The quantitative estimate of drug-likeness (QED) is 0.0794. The van der Waals surface area contributed by atoms with Gasteiger partial charge >= 0.3 is 18.0 Å². The first-order valence-electron chi connectivity index (χ1n) is 25.7. The summed E-state index contributed by atoms with van der Waals surface area (Å²) in [6.45, 7) is 2.53. The number of aliphatic hydroxyl groups excluding tert-OH is 2. The summed E-state index contributed by atoms with van der Waals surface area (Å²) in [6.07, 6.45) is 6.33. The standard InChI is InChI=1S/C55H58N6O17S/c1-53-19-18-34(63)22-31(53)8-11-35-36-23-41-55(40(65)27-62,54(36,2)24-38(64)49(35)53)77-51(76-41)39-25-57-44(79-39)21-30-4-3-5-33(20-30)59-52(74)75-28-29-6-9-32(10-7-29)58-50(73)37(12-16-47(70)71)60-43(67)26-56-42(66)13-17-48(72)78-61-45(68)14-15-46(61)69/h3-7,9-10,14-15,18-20,22,25,35-38,41,49,51,62,64H,8,11-13,16-17,21,23-24,26-28H2,1-2H3,(H,56,66)(H,58,73)(H,59,74)(H,60,67)(H,70,71)/t35-,36-,37-,38-,41+,49+,51-,53-,54-,55+/m0/s1. The van der Waals surface area contributed by atoms with Crippen molar-refractivity contribution in [2.24, 2.45) is 28.6 Å². The van der Waals surface area contributed by atoms with Crippen molar-refractivity contribution in [3.05, 3.63) is 112 Å². The van der Waals surface area contributed by atoms with Crippen LogP contribution in [0.5, 0.6) is 0 Å². The van der Waals surface area contributed by atoms with E-state index in [0.717, 1.165) is 29.7 Å². The Bertz CT molecular complexity index is 3060. The molecule has 79 heavy (non-hydrogen) atoms. The molecule has 0 spiro atoms. The van der Waals surface area contributed by atoms with Gasteiger partial charge in [0.2, 0.25) is 17.7 Å². The van der Waals surface area contributed by atoms with E-state index in [1.807, 2.05) is 19.1 Å². The van der Waals surface area contributed by atoms with Crippen LogP contribution in [-0.2, 0) is 75.2 Å². The maximum Gasteiger partial charge on any atom is 0.411 e. The van der Waals surface area contributed by atoms with E-state index in [1.165, 1.54) is 23.5 Å². The number of thiazole rings is 1. The molecular weight excluding hydrogens is 1050 g/mol. The van der Waals surface area contributed by atoms with Gasteiger partial charge in [-0.15, -0.1) is 11.3 Å². The predicted molar refractivity (Wildman–Crippen MR) is 275 cm³/mol. The maximum atomic E-state index is 14.0. The number of carbonyl (C=O) groups excluding carboxylic acids is 9. The number of nitrogens with one attached hydrogen (secondary N) is 4. The summed E-state index contributed by atoms with van der Waals surface area (Å²) in [5, 5.41) is 42.5. The molecule has 23 nitrogen and oxygen atoms in total. The molecule has 24 heteroatoms. The fraction of sp³-hybridized carbons (Fsp3) is 0.436. The van der Waals surface area contributed by atoms with E-state index in [0.29, 0.717) is 40.4 Å². The second-order valence-electron chi connectivity index (χ2n) is 20.9. The number of Topliss-reactive ketones (excluding diaryl/α,β-unsaturated/α-hetero) is 1. The molecule has 416 valence electrons. The Morgan fingerprint density at radius 3 is 2.42 bits per heavy atom. The Hall–Kier alpha value is -7.77. The molecule has 3 heterocycles. The van der Waals surface area contributed by atoms with Crippen molar-refractivity contribution in [1.29, 1.82) is 0 Å². The predicted octanol–water partition coefficient (Wildman–Crippen LogP) is 3.65. The second kappa shape index (κ2) is 22.9. The van der Waals surface area contributed by atoms with E-state index in [1.54, 1.807) is 48.7 Å². The lowest BCUT2D eigenvalue weighted by Crippen LogP contribution is -2.63. The molecule has 7 N–H and O–H groups in total. The number of carbonyl (C=O) groups is 10. The molecule has 0 bridgehead atoms. The fourth-order valence-electron chi connectivity index (χ4n) is 12.4. The fourth-order valence-corrected chi connectivity index (χ4v) is 13.3. The lowest BCUT2D eigenvalue weighted by molar-refractivity contribution is -0.200. The maximum absolute atomic E-state index is 14.0. The number of rotatable bonds is 20. The Kier molecular flexibility index (Phi) is 16.2. The van der Waals surface area contributed by atoms with Crippen molar-refractivity contribution in [3.8, 4) is 0 Å². The second-order valence-corrected chi connectivity index (χ2v) is 22.0. The minimum atomic E-state index is -1.50. The average molecular weight is 1110 g/mol. The van der Waals surface area contributed by atoms with Gasteiger partial charge in [0.1, 0.15) is 19.3 Å². The minimum Gasteiger partial charge on any atom is -0.481 e. The molecule has 3 saturated carbocycles. The number of allylic oxidation sites excluding steroid dienone is 4. The zero-order valence-electron chi connectivity index (χ0n) is 43.0. The molecule has 2 aromatic carbocycles. The van der Waals surface area contributed by atoms with Crippen LogP contribution in [0.1, 0.15) is 92.5 Å². The Morgan fingerprint density at radius 2 is 1.68 bits per heavy atom. The number of carboxylic acids is 1. The molecular formula is C55H58N6O17S. The number of anilines is 2.